The molecule has 0 spiro atoms. The first kappa shape index (κ1) is 21.0. The van der Waals surface area contributed by atoms with Crippen LogP contribution in [0.4, 0.5) is 10.6 Å². The Balaban J connectivity index is 1.54. The Kier molecular flexibility index (Phi) is 5.51. The summed E-state index contributed by atoms with van der Waals surface area (Å²) in [6.07, 6.45) is 5.28. The predicted octanol–water partition coefficient (Wildman–Crippen LogP) is 2.83. The van der Waals surface area contributed by atoms with Gasteiger partial charge in [-0.1, -0.05) is 0 Å². The fourth-order valence-electron chi connectivity index (χ4n) is 4.02. The summed E-state index contributed by atoms with van der Waals surface area (Å²) in [6.45, 7) is 7.57. The minimum absolute atomic E-state index is 0.0293. The molecule has 4 heterocycles. The lowest BCUT2D eigenvalue weighted by molar-refractivity contribution is 0.171. The van der Waals surface area contributed by atoms with Crippen molar-refractivity contribution in [2.45, 2.75) is 45.2 Å². The van der Waals surface area contributed by atoms with Gasteiger partial charge in [0, 0.05) is 56.5 Å². The Bertz CT molecular complexity index is 1080. The van der Waals surface area contributed by atoms with Gasteiger partial charge in [-0.2, -0.15) is 5.10 Å². The SMILES string of the molecule is CN(C(=O)NC(C)(C)C)C1CCN(c2nnc(-c3ccnn3C)c3cccnc23)CC1. The van der Waals surface area contributed by atoms with E-state index in [1.807, 2.05) is 58.0 Å². The predicted molar refractivity (Wildman–Crippen MR) is 121 cm³/mol. The van der Waals surface area contributed by atoms with Crippen molar-refractivity contribution >= 4 is 22.8 Å². The van der Waals surface area contributed by atoms with Crippen molar-refractivity contribution in [1.82, 2.24) is 35.2 Å². The third-order valence-corrected chi connectivity index (χ3v) is 5.70. The van der Waals surface area contributed by atoms with Gasteiger partial charge in [0.15, 0.2) is 5.82 Å². The van der Waals surface area contributed by atoms with Crippen molar-refractivity contribution in [2.75, 3.05) is 25.0 Å². The monoisotopic (exact) mass is 422 g/mol. The van der Waals surface area contributed by atoms with E-state index in [0.29, 0.717) is 0 Å². The highest BCUT2D eigenvalue weighted by Crippen LogP contribution is 2.31. The highest BCUT2D eigenvalue weighted by molar-refractivity contribution is 5.97. The Hall–Kier alpha value is -3.23. The van der Waals surface area contributed by atoms with E-state index in [2.05, 4.69) is 30.5 Å². The van der Waals surface area contributed by atoms with Crippen molar-refractivity contribution in [2.24, 2.45) is 7.05 Å². The summed E-state index contributed by atoms with van der Waals surface area (Å²) in [5, 5.41) is 17.4. The summed E-state index contributed by atoms with van der Waals surface area (Å²) in [5.74, 6) is 0.793. The number of nitrogens with one attached hydrogen (secondary N) is 1. The van der Waals surface area contributed by atoms with Gasteiger partial charge in [-0.05, 0) is 51.8 Å². The number of rotatable bonds is 3. The molecule has 1 aliphatic heterocycles. The first-order valence-electron chi connectivity index (χ1n) is 10.6. The molecule has 0 aromatic carbocycles. The van der Waals surface area contributed by atoms with Crippen molar-refractivity contribution < 1.29 is 4.79 Å². The van der Waals surface area contributed by atoms with Crippen LogP contribution in [0.2, 0.25) is 0 Å². The number of carbonyl (C=O) groups excluding carboxylic acids is 1. The molecule has 0 bridgehead atoms. The van der Waals surface area contributed by atoms with E-state index in [1.54, 1.807) is 17.1 Å². The summed E-state index contributed by atoms with van der Waals surface area (Å²) in [4.78, 5) is 21.2. The van der Waals surface area contributed by atoms with E-state index in [-0.39, 0.29) is 17.6 Å². The minimum atomic E-state index is -0.248. The van der Waals surface area contributed by atoms with Gasteiger partial charge in [0.25, 0.3) is 0 Å². The maximum Gasteiger partial charge on any atom is 0.317 e. The molecule has 0 unspecified atom stereocenters. The lowest BCUT2D eigenvalue weighted by atomic mass is 10.0. The Morgan fingerprint density at radius 2 is 1.90 bits per heavy atom. The Morgan fingerprint density at radius 1 is 1.16 bits per heavy atom. The van der Waals surface area contributed by atoms with E-state index < -0.39 is 0 Å². The first-order chi connectivity index (χ1) is 14.7. The molecule has 4 rings (SSSR count). The molecule has 1 saturated heterocycles. The number of anilines is 1. The fourth-order valence-corrected chi connectivity index (χ4v) is 4.02. The van der Waals surface area contributed by atoms with Gasteiger partial charge in [0.1, 0.15) is 11.2 Å². The highest BCUT2D eigenvalue weighted by Gasteiger charge is 2.29. The van der Waals surface area contributed by atoms with Crippen LogP contribution in [-0.4, -0.2) is 67.6 Å². The zero-order valence-electron chi connectivity index (χ0n) is 18.8. The summed E-state index contributed by atoms with van der Waals surface area (Å²) in [5.41, 5.74) is 2.27. The van der Waals surface area contributed by atoms with Gasteiger partial charge < -0.3 is 15.1 Å². The number of aromatic nitrogens is 5. The van der Waals surface area contributed by atoms with E-state index >= 15 is 0 Å². The van der Waals surface area contributed by atoms with Crippen LogP contribution in [0.15, 0.2) is 30.6 Å². The molecule has 0 saturated carbocycles. The molecular formula is C22H30N8O. The maximum absolute atomic E-state index is 12.5. The normalized spacial score (nSPS) is 15.3. The number of pyridine rings is 1. The van der Waals surface area contributed by atoms with E-state index in [0.717, 1.165) is 54.0 Å². The standard InChI is InChI=1S/C22H30N8O/c1-22(2,3)25-21(31)28(4)15-9-13-30(14-10-15)20-19-16(7-6-11-23-19)18(26-27-20)17-8-12-24-29(17)5/h6-8,11-12,15H,9-10,13-14H2,1-5H3,(H,25,31). The van der Waals surface area contributed by atoms with Crippen LogP contribution < -0.4 is 10.2 Å². The molecule has 0 aliphatic carbocycles. The molecule has 1 aliphatic rings. The Labute approximate surface area is 182 Å². The van der Waals surface area contributed by atoms with Crippen LogP contribution in [0.3, 0.4) is 0 Å². The summed E-state index contributed by atoms with van der Waals surface area (Å²) < 4.78 is 1.79. The number of urea groups is 1. The largest absolute Gasteiger partial charge is 0.353 e. The van der Waals surface area contributed by atoms with Gasteiger partial charge >= 0.3 is 6.03 Å². The molecule has 0 atom stereocenters. The number of carbonyl (C=O) groups is 1. The van der Waals surface area contributed by atoms with Crippen molar-refractivity contribution in [1.29, 1.82) is 0 Å². The third-order valence-electron chi connectivity index (χ3n) is 5.70. The number of aryl methyl sites for hydroxylation is 1. The number of piperidine rings is 1. The van der Waals surface area contributed by atoms with Gasteiger partial charge in [-0.25, -0.2) is 4.79 Å². The van der Waals surface area contributed by atoms with Gasteiger partial charge in [0.2, 0.25) is 0 Å². The number of amides is 2. The van der Waals surface area contributed by atoms with E-state index in [4.69, 9.17) is 0 Å². The third kappa shape index (κ3) is 4.30. The number of hydrogen-bond donors (Lipinski definition) is 1. The molecule has 2 amide bonds. The molecule has 0 radical (unpaired) electrons. The number of fused-ring (bicyclic) bond motifs is 1. The molecule has 9 heteroatoms. The second kappa shape index (κ2) is 8.13. The number of nitrogens with zero attached hydrogens (tertiary/aromatic N) is 7. The van der Waals surface area contributed by atoms with Gasteiger partial charge in [-0.3, -0.25) is 9.67 Å². The summed E-state index contributed by atoms with van der Waals surface area (Å²) in [6, 6.07) is 6.04. The molecule has 164 valence electrons. The van der Waals surface area contributed by atoms with Crippen LogP contribution in [0.5, 0.6) is 0 Å². The molecule has 3 aromatic heterocycles. The molecule has 3 aromatic rings. The Morgan fingerprint density at radius 3 is 2.55 bits per heavy atom. The van der Waals surface area contributed by atoms with Crippen LogP contribution in [0.25, 0.3) is 22.3 Å². The van der Waals surface area contributed by atoms with Crippen LogP contribution >= 0.6 is 0 Å². The topological polar surface area (TPSA) is 92.1 Å². The molecule has 31 heavy (non-hydrogen) atoms. The second-order valence-corrected chi connectivity index (χ2v) is 9.12. The minimum Gasteiger partial charge on any atom is -0.353 e. The average molecular weight is 423 g/mol. The van der Waals surface area contributed by atoms with Crippen LogP contribution in [-0.2, 0) is 7.05 Å². The van der Waals surface area contributed by atoms with E-state index in [9.17, 15) is 4.79 Å². The first-order valence-corrected chi connectivity index (χ1v) is 10.6. The lowest BCUT2D eigenvalue weighted by Crippen LogP contribution is -2.53. The highest BCUT2D eigenvalue weighted by atomic mass is 16.2. The zero-order valence-corrected chi connectivity index (χ0v) is 18.8. The second-order valence-electron chi connectivity index (χ2n) is 9.12. The fraction of sp³-hybridized carbons (Fsp3) is 0.500. The molecule has 9 nitrogen and oxygen atoms in total. The number of hydrogen-bond acceptors (Lipinski definition) is 6. The molecule has 1 fully saturated rings. The summed E-state index contributed by atoms with van der Waals surface area (Å²) >= 11 is 0. The molecule has 1 N–H and O–H groups in total. The van der Waals surface area contributed by atoms with Crippen LogP contribution in [0, 0.1) is 0 Å². The van der Waals surface area contributed by atoms with Crippen molar-refractivity contribution in [3.63, 3.8) is 0 Å². The summed E-state index contributed by atoms with van der Waals surface area (Å²) in [7, 11) is 3.77. The van der Waals surface area contributed by atoms with Gasteiger partial charge in [0.05, 0.1) is 5.69 Å². The van der Waals surface area contributed by atoms with Crippen molar-refractivity contribution in [3.8, 4) is 11.4 Å². The zero-order chi connectivity index (χ0) is 22.2. The van der Waals surface area contributed by atoms with Crippen LogP contribution in [0.1, 0.15) is 33.6 Å². The quantitative estimate of drug-likeness (QED) is 0.698. The lowest BCUT2D eigenvalue weighted by Gasteiger charge is -2.38. The molecular weight excluding hydrogens is 392 g/mol. The maximum atomic E-state index is 12.5. The van der Waals surface area contributed by atoms with E-state index in [1.165, 1.54) is 0 Å². The average Bonchev–Trinajstić information content (AvgIpc) is 3.17. The smallest absolute Gasteiger partial charge is 0.317 e. The van der Waals surface area contributed by atoms with Gasteiger partial charge in [-0.15, -0.1) is 10.2 Å². The van der Waals surface area contributed by atoms with Crippen molar-refractivity contribution in [3.05, 3.63) is 30.6 Å².